The number of ether oxygens (including phenoxy) is 1. The molecule has 96 valence electrons. The number of carbonyl (C=O) groups is 2. The molecule has 2 N–H and O–H groups in total. The standard InChI is InChI=1S/C11H18N2O4/c1-11(3-4-11)12-10(16)13(2)8-6-17-5-7(8)9(14)15/h7-8H,3-6H2,1-2H3,(H,12,16)(H,14,15). The SMILES string of the molecule is CN(C(=O)NC1(C)CC1)C1COCC1C(=O)O. The maximum absolute atomic E-state index is 11.9. The van der Waals surface area contributed by atoms with Crippen LogP contribution in [0.5, 0.6) is 0 Å². The molecule has 1 saturated heterocycles. The summed E-state index contributed by atoms with van der Waals surface area (Å²) < 4.78 is 5.15. The van der Waals surface area contributed by atoms with E-state index >= 15 is 0 Å². The first-order valence-electron chi connectivity index (χ1n) is 5.78. The number of hydrogen-bond acceptors (Lipinski definition) is 3. The Kier molecular flexibility index (Phi) is 2.99. The summed E-state index contributed by atoms with van der Waals surface area (Å²) in [5.74, 6) is -1.54. The van der Waals surface area contributed by atoms with Gasteiger partial charge in [-0.3, -0.25) is 4.79 Å². The van der Waals surface area contributed by atoms with Gasteiger partial charge in [-0.15, -0.1) is 0 Å². The predicted octanol–water partition coefficient (Wildman–Crippen LogP) is 0.280. The average molecular weight is 242 g/mol. The quantitative estimate of drug-likeness (QED) is 0.745. The van der Waals surface area contributed by atoms with E-state index in [2.05, 4.69) is 5.32 Å². The number of amides is 2. The molecule has 2 fully saturated rings. The molecule has 0 aromatic carbocycles. The zero-order valence-electron chi connectivity index (χ0n) is 10.1. The van der Waals surface area contributed by atoms with Crippen molar-refractivity contribution in [2.45, 2.75) is 31.3 Å². The fraction of sp³-hybridized carbons (Fsp3) is 0.818. The van der Waals surface area contributed by atoms with Crippen molar-refractivity contribution < 1.29 is 19.4 Å². The first-order chi connectivity index (χ1) is 7.93. The van der Waals surface area contributed by atoms with Crippen LogP contribution < -0.4 is 5.32 Å². The van der Waals surface area contributed by atoms with Gasteiger partial charge in [-0.05, 0) is 19.8 Å². The highest BCUT2D eigenvalue weighted by molar-refractivity contribution is 5.78. The van der Waals surface area contributed by atoms with Gasteiger partial charge in [0.25, 0.3) is 0 Å². The van der Waals surface area contributed by atoms with E-state index in [1.165, 1.54) is 4.90 Å². The molecule has 1 heterocycles. The molecule has 2 unspecified atom stereocenters. The Bertz CT molecular complexity index is 340. The Morgan fingerprint density at radius 2 is 2.06 bits per heavy atom. The number of carboxylic acids is 1. The molecule has 1 aliphatic carbocycles. The molecule has 2 rings (SSSR count). The summed E-state index contributed by atoms with van der Waals surface area (Å²) >= 11 is 0. The van der Waals surface area contributed by atoms with Crippen molar-refractivity contribution in [3.8, 4) is 0 Å². The van der Waals surface area contributed by atoms with Gasteiger partial charge in [-0.1, -0.05) is 0 Å². The Labute approximate surface area is 99.9 Å². The van der Waals surface area contributed by atoms with Crippen molar-refractivity contribution in [3.63, 3.8) is 0 Å². The van der Waals surface area contributed by atoms with Gasteiger partial charge in [0.1, 0.15) is 5.92 Å². The third kappa shape index (κ3) is 2.52. The highest BCUT2D eigenvalue weighted by atomic mass is 16.5. The van der Waals surface area contributed by atoms with Crippen molar-refractivity contribution in [3.05, 3.63) is 0 Å². The third-order valence-electron chi connectivity index (χ3n) is 3.59. The van der Waals surface area contributed by atoms with E-state index in [0.29, 0.717) is 0 Å². The summed E-state index contributed by atoms with van der Waals surface area (Å²) in [6.07, 6.45) is 1.96. The fourth-order valence-corrected chi connectivity index (χ4v) is 1.97. The van der Waals surface area contributed by atoms with E-state index in [1.807, 2.05) is 6.92 Å². The molecule has 2 atom stereocenters. The second-order valence-corrected chi connectivity index (χ2v) is 5.15. The lowest BCUT2D eigenvalue weighted by Gasteiger charge is -2.28. The monoisotopic (exact) mass is 242 g/mol. The second kappa shape index (κ2) is 4.18. The number of hydrogen-bond donors (Lipinski definition) is 2. The number of likely N-dealkylation sites (N-methyl/N-ethyl adjacent to an activating group) is 1. The Balaban J connectivity index is 1.96. The van der Waals surface area contributed by atoms with E-state index in [9.17, 15) is 9.59 Å². The van der Waals surface area contributed by atoms with Crippen molar-refractivity contribution in [1.29, 1.82) is 0 Å². The molecule has 17 heavy (non-hydrogen) atoms. The number of carbonyl (C=O) groups excluding carboxylic acids is 1. The van der Waals surface area contributed by atoms with Gasteiger partial charge < -0.3 is 20.1 Å². The lowest BCUT2D eigenvalue weighted by molar-refractivity contribution is -0.142. The van der Waals surface area contributed by atoms with Crippen LogP contribution in [0.25, 0.3) is 0 Å². The maximum Gasteiger partial charge on any atom is 0.317 e. The fourth-order valence-electron chi connectivity index (χ4n) is 1.97. The average Bonchev–Trinajstić information content (AvgIpc) is 2.83. The molecular weight excluding hydrogens is 224 g/mol. The Hall–Kier alpha value is -1.30. The number of nitrogens with one attached hydrogen (secondary N) is 1. The van der Waals surface area contributed by atoms with Crippen LogP contribution in [0.4, 0.5) is 4.79 Å². The normalized spacial score (nSPS) is 29.8. The van der Waals surface area contributed by atoms with Gasteiger partial charge in [0.05, 0.1) is 19.3 Å². The summed E-state index contributed by atoms with van der Waals surface area (Å²) in [7, 11) is 1.62. The second-order valence-electron chi connectivity index (χ2n) is 5.15. The molecule has 0 aromatic rings. The Morgan fingerprint density at radius 1 is 1.41 bits per heavy atom. The van der Waals surface area contributed by atoms with Crippen LogP contribution in [0.3, 0.4) is 0 Å². The smallest absolute Gasteiger partial charge is 0.317 e. The predicted molar refractivity (Wildman–Crippen MR) is 59.7 cm³/mol. The minimum Gasteiger partial charge on any atom is -0.481 e. The highest BCUT2D eigenvalue weighted by Gasteiger charge is 2.43. The summed E-state index contributed by atoms with van der Waals surface area (Å²) in [5, 5.41) is 11.9. The van der Waals surface area contributed by atoms with Crippen LogP contribution >= 0.6 is 0 Å². The van der Waals surface area contributed by atoms with Crippen LogP contribution in [-0.2, 0) is 9.53 Å². The number of urea groups is 1. The zero-order chi connectivity index (χ0) is 12.6. The van der Waals surface area contributed by atoms with Crippen molar-refractivity contribution >= 4 is 12.0 Å². The molecule has 2 amide bonds. The summed E-state index contributed by atoms with van der Waals surface area (Å²) in [6, 6.07) is -0.596. The van der Waals surface area contributed by atoms with E-state index in [0.717, 1.165) is 12.8 Å². The third-order valence-corrected chi connectivity index (χ3v) is 3.59. The summed E-state index contributed by atoms with van der Waals surface area (Å²) in [5.41, 5.74) is -0.0937. The molecular formula is C11H18N2O4. The van der Waals surface area contributed by atoms with Crippen molar-refractivity contribution in [2.24, 2.45) is 5.92 Å². The highest BCUT2D eigenvalue weighted by Crippen LogP contribution is 2.34. The Morgan fingerprint density at radius 3 is 2.59 bits per heavy atom. The summed E-state index contributed by atoms with van der Waals surface area (Å²) in [6.45, 7) is 2.45. The molecule has 0 aromatic heterocycles. The van der Waals surface area contributed by atoms with Gasteiger partial charge in [0.2, 0.25) is 0 Å². The molecule has 2 aliphatic rings. The van der Waals surface area contributed by atoms with Crippen LogP contribution in [0.15, 0.2) is 0 Å². The van der Waals surface area contributed by atoms with Gasteiger partial charge in [0.15, 0.2) is 0 Å². The van der Waals surface area contributed by atoms with E-state index < -0.39 is 11.9 Å². The van der Waals surface area contributed by atoms with Gasteiger partial charge >= 0.3 is 12.0 Å². The maximum atomic E-state index is 11.9. The number of aliphatic carboxylic acids is 1. The van der Waals surface area contributed by atoms with Gasteiger partial charge in [-0.25, -0.2) is 4.79 Å². The largest absolute Gasteiger partial charge is 0.481 e. The van der Waals surface area contributed by atoms with Crippen LogP contribution in [0.2, 0.25) is 0 Å². The molecule has 6 nitrogen and oxygen atoms in total. The minimum atomic E-state index is -0.912. The molecule has 0 spiro atoms. The first-order valence-corrected chi connectivity index (χ1v) is 5.78. The molecule has 1 aliphatic heterocycles. The molecule has 0 bridgehead atoms. The van der Waals surface area contributed by atoms with Crippen molar-refractivity contribution in [1.82, 2.24) is 10.2 Å². The van der Waals surface area contributed by atoms with E-state index in [-0.39, 0.29) is 30.8 Å². The van der Waals surface area contributed by atoms with Gasteiger partial charge in [-0.2, -0.15) is 0 Å². The topological polar surface area (TPSA) is 78.9 Å². The van der Waals surface area contributed by atoms with E-state index in [1.54, 1.807) is 7.05 Å². The molecule has 1 saturated carbocycles. The summed E-state index contributed by atoms with van der Waals surface area (Å²) in [4.78, 5) is 24.4. The number of nitrogens with zero attached hydrogens (tertiary/aromatic N) is 1. The number of carboxylic acid groups (broad SMARTS) is 1. The minimum absolute atomic E-state index is 0.0937. The van der Waals surface area contributed by atoms with Crippen LogP contribution in [0, 0.1) is 5.92 Å². The van der Waals surface area contributed by atoms with Gasteiger partial charge in [0, 0.05) is 12.6 Å². The molecule has 6 heteroatoms. The molecule has 0 radical (unpaired) electrons. The van der Waals surface area contributed by atoms with E-state index in [4.69, 9.17) is 9.84 Å². The first kappa shape index (κ1) is 12.2. The lowest BCUT2D eigenvalue weighted by Crippen LogP contribution is -2.50. The number of rotatable bonds is 3. The zero-order valence-corrected chi connectivity index (χ0v) is 10.1. The van der Waals surface area contributed by atoms with Crippen molar-refractivity contribution in [2.75, 3.05) is 20.3 Å². The van der Waals surface area contributed by atoms with Crippen LogP contribution in [0.1, 0.15) is 19.8 Å². The van der Waals surface area contributed by atoms with Crippen LogP contribution in [-0.4, -0.2) is 53.8 Å². The lowest BCUT2D eigenvalue weighted by atomic mass is 10.0.